The molecule has 8 heteroatoms. The van der Waals surface area contributed by atoms with Gasteiger partial charge in [0.05, 0.1) is 18.3 Å². The number of carbonyl (C=O) groups excluding carboxylic acids is 1. The number of esters is 1. The van der Waals surface area contributed by atoms with Crippen molar-refractivity contribution in [2.45, 2.75) is 40.2 Å². The highest BCUT2D eigenvalue weighted by Crippen LogP contribution is 2.24. The van der Waals surface area contributed by atoms with Gasteiger partial charge in [-0.15, -0.1) is 11.3 Å². The standard InChI is InChI=1S/C20H27FN4O2S/c1-5-22-20(23-11-10-15-8-7-9-16(21)12-15)25-14(4)18-24-13(3)17(28-18)19(26)27-6-2/h7-9,12,14H,5-6,10-11H2,1-4H3,(H2,22,23,25). The number of nitrogens with zero attached hydrogens (tertiary/aromatic N) is 2. The van der Waals surface area contributed by atoms with Crippen molar-refractivity contribution in [3.05, 3.63) is 51.2 Å². The zero-order valence-corrected chi connectivity index (χ0v) is 17.5. The first-order valence-electron chi connectivity index (χ1n) is 9.38. The smallest absolute Gasteiger partial charge is 0.350 e. The van der Waals surface area contributed by atoms with Gasteiger partial charge in [-0.2, -0.15) is 0 Å². The zero-order chi connectivity index (χ0) is 20.5. The van der Waals surface area contributed by atoms with Crippen LogP contribution in [0.5, 0.6) is 0 Å². The van der Waals surface area contributed by atoms with E-state index in [1.807, 2.05) is 19.9 Å². The molecule has 2 rings (SSSR count). The van der Waals surface area contributed by atoms with Gasteiger partial charge in [0, 0.05) is 13.1 Å². The molecule has 0 aliphatic rings. The molecule has 0 spiro atoms. The summed E-state index contributed by atoms with van der Waals surface area (Å²) in [6.07, 6.45) is 0.645. The Bertz CT molecular complexity index is 822. The van der Waals surface area contributed by atoms with Crippen molar-refractivity contribution in [1.82, 2.24) is 15.6 Å². The van der Waals surface area contributed by atoms with E-state index in [-0.39, 0.29) is 17.8 Å². The lowest BCUT2D eigenvalue weighted by Crippen LogP contribution is -2.38. The van der Waals surface area contributed by atoms with Crippen molar-refractivity contribution >= 4 is 23.3 Å². The normalized spacial score (nSPS) is 12.5. The number of ether oxygens (including phenoxy) is 1. The first-order valence-corrected chi connectivity index (χ1v) is 10.2. The van der Waals surface area contributed by atoms with E-state index in [1.165, 1.54) is 23.5 Å². The summed E-state index contributed by atoms with van der Waals surface area (Å²) in [5, 5.41) is 7.29. The predicted octanol–water partition coefficient (Wildman–Crippen LogP) is 3.63. The fourth-order valence-corrected chi connectivity index (χ4v) is 3.53. The van der Waals surface area contributed by atoms with E-state index in [2.05, 4.69) is 20.6 Å². The maximum absolute atomic E-state index is 13.3. The second-order valence-electron chi connectivity index (χ2n) is 6.19. The van der Waals surface area contributed by atoms with E-state index in [0.717, 1.165) is 10.6 Å². The van der Waals surface area contributed by atoms with Gasteiger partial charge in [0.1, 0.15) is 15.7 Å². The Balaban J connectivity index is 2.02. The molecule has 1 aromatic carbocycles. The minimum absolute atomic E-state index is 0.126. The number of hydrogen-bond donors (Lipinski definition) is 2. The van der Waals surface area contributed by atoms with Crippen molar-refractivity contribution in [2.75, 3.05) is 19.7 Å². The molecule has 1 heterocycles. The fraction of sp³-hybridized carbons (Fsp3) is 0.450. The molecule has 2 N–H and O–H groups in total. The van der Waals surface area contributed by atoms with Crippen LogP contribution in [-0.4, -0.2) is 36.6 Å². The number of rotatable bonds is 8. The number of guanidine groups is 1. The van der Waals surface area contributed by atoms with E-state index >= 15 is 0 Å². The average molecular weight is 407 g/mol. The summed E-state index contributed by atoms with van der Waals surface area (Å²) in [6, 6.07) is 6.41. The van der Waals surface area contributed by atoms with Crippen LogP contribution < -0.4 is 10.6 Å². The van der Waals surface area contributed by atoms with Crippen molar-refractivity contribution in [3.8, 4) is 0 Å². The third kappa shape index (κ3) is 6.30. The van der Waals surface area contributed by atoms with Crippen molar-refractivity contribution in [2.24, 2.45) is 4.99 Å². The molecule has 0 aliphatic carbocycles. The molecule has 0 saturated carbocycles. The van der Waals surface area contributed by atoms with Crippen LogP contribution >= 0.6 is 11.3 Å². The molecule has 2 aromatic rings. The molecular formula is C20H27FN4O2S. The third-order valence-electron chi connectivity index (χ3n) is 3.90. The van der Waals surface area contributed by atoms with E-state index in [0.29, 0.717) is 42.6 Å². The molecule has 28 heavy (non-hydrogen) atoms. The first-order chi connectivity index (χ1) is 13.4. The predicted molar refractivity (Wildman–Crippen MR) is 110 cm³/mol. The van der Waals surface area contributed by atoms with Crippen LogP contribution in [0.3, 0.4) is 0 Å². The van der Waals surface area contributed by atoms with E-state index < -0.39 is 0 Å². The number of halogens is 1. The summed E-state index contributed by atoms with van der Waals surface area (Å²) in [4.78, 5) is 21.6. The number of carbonyl (C=O) groups is 1. The largest absolute Gasteiger partial charge is 0.462 e. The van der Waals surface area contributed by atoms with Gasteiger partial charge in [0.15, 0.2) is 5.96 Å². The quantitative estimate of drug-likeness (QED) is 0.398. The van der Waals surface area contributed by atoms with E-state index in [1.54, 1.807) is 19.9 Å². The highest BCUT2D eigenvalue weighted by atomic mass is 32.1. The molecule has 0 saturated heterocycles. The van der Waals surface area contributed by atoms with Gasteiger partial charge >= 0.3 is 5.97 Å². The van der Waals surface area contributed by atoms with Crippen LogP contribution in [0.1, 0.15) is 52.7 Å². The summed E-state index contributed by atoms with van der Waals surface area (Å²) in [5.74, 6) is 0.0697. The molecule has 0 fully saturated rings. The number of aryl methyl sites for hydroxylation is 1. The maximum Gasteiger partial charge on any atom is 0.350 e. The summed E-state index contributed by atoms with van der Waals surface area (Å²) in [7, 11) is 0. The van der Waals surface area contributed by atoms with Crippen LogP contribution in [0.4, 0.5) is 4.39 Å². The topological polar surface area (TPSA) is 75.6 Å². The molecule has 0 aliphatic heterocycles. The first kappa shape index (κ1) is 21.8. The lowest BCUT2D eigenvalue weighted by atomic mass is 10.1. The van der Waals surface area contributed by atoms with Crippen LogP contribution in [0.2, 0.25) is 0 Å². The van der Waals surface area contributed by atoms with E-state index in [4.69, 9.17) is 4.74 Å². The highest BCUT2D eigenvalue weighted by Gasteiger charge is 2.20. The lowest BCUT2D eigenvalue weighted by Gasteiger charge is -2.16. The Kier molecular flexibility index (Phi) is 8.38. The number of thiazole rings is 1. The van der Waals surface area contributed by atoms with Gasteiger partial charge < -0.3 is 15.4 Å². The zero-order valence-electron chi connectivity index (χ0n) is 16.7. The van der Waals surface area contributed by atoms with Gasteiger partial charge in [-0.25, -0.2) is 14.2 Å². The molecule has 1 atom stereocenters. The van der Waals surface area contributed by atoms with Gasteiger partial charge in [-0.1, -0.05) is 12.1 Å². The number of aromatic nitrogens is 1. The Labute approximate surface area is 169 Å². The fourth-order valence-electron chi connectivity index (χ4n) is 2.56. The van der Waals surface area contributed by atoms with Gasteiger partial charge in [-0.3, -0.25) is 4.99 Å². The number of hydrogen-bond acceptors (Lipinski definition) is 5. The Hall–Kier alpha value is -2.48. The molecule has 6 nitrogen and oxygen atoms in total. The van der Waals surface area contributed by atoms with Crippen LogP contribution in [0, 0.1) is 12.7 Å². The molecule has 1 aromatic heterocycles. The van der Waals surface area contributed by atoms with Gasteiger partial charge in [-0.05, 0) is 51.8 Å². The Morgan fingerprint density at radius 2 is 2.18 bits per heavy atom. The van der Waals surface area contributed by atoms with Crippen molar-refractivity contribution in [1.29, 1.82) is 0 Å². The Morgan fingerprint density at radius 3 is 2.86 bits per heavy atom. The SMILES string of the molecule is CCNC(=NCCc1cccc(F)c1)NC(C)c1nc(C)c(C(=O)OCC)s1. The minimum Gasteiger partial charge on any atom is -0.462 e. The molecule has 152 valence electrons. The van der Waals surface area contributed by atoms with Crippen LogP contribution in [-0.2, 0) is 11.2 Å². The van der Waals surface area contributed by atoms with Crippen molar-refractivity contribution < 1.29 is 13.9 Å². The second kappa shape index (κ2) is 10.8. The molecule has 1 unspecified atom stereocenters. The summed E-state index contributed by atoms with van der Waals surface area (Å²) in [5.41, 5.74) is 1.57. The number of benzene rings is 1. The summed E-state index contributed by atoms with van der Waals surface area (Å²) < 4.78 is 18.3. The molecule has 0 bridgehead atoms. The maximum atomic E-state index is 13.3. The second-order valence-corrected chi connectivity index (χ2v) is 7.22. The van der Waals surface area contributed by atoms with Crippen LogP contribution in [0.15, 0.2) is 29.3 Å². The Morgan fingerprint density at radius 1 is 1.39 bits per heavy atom. The van der Waals surface area contributed by atoms with E-state index in [9.17, 15) is 9.18 Å². The average Bonchev–Trinajstić information content (AvgIpc) is 3.04. The third-order valence-corrected chi connectivity index (χ3v) is 5.22. The number of aliphatic imine (C=N–C) groups is 1. The molecule has 0 amide bonds. The van der Waals surface area contributed by atoms with Gasteiger partial charge in [0.2, 0.25) is 0 Å². The van der Waals surface area contributed by atoms with Gasteiger partial charge in [0.25, 0.3) is 0 Å². The summed E-state index contributed by atoms with van der Waals surface area (Å²) >= 11 is 1.33. The minimum atomic E-state index is -0.341. The summed E-state index contributed by atoms with van der Waals surface area (Å²) in [6.45, 7) is 9.11. The molecule has 0 radical (unpaired) electrons. The lowest BCUT2D eigenvalue weighted by molar-refractivity contribution is 0.0531. The van der Waals surface area contributed by atoms with Crippen molar-refractivity contribution in [3.63, 3.8) is 0 Å². The highest BCUT2D eigenvalue weighted by molar-refractivity contribution is 7.13. The molecular weight excluding hydrogens is 379 g/mol. The monoisotopic (exact) mass is 406 g/mol. The van der Waals surface area contributed by atoms with Crippen LogP contribution in [0.25, 0.3) is 0 Å². The number of nitrogens with one attached hydrogen (secondary N) is 2.